The Kier molecular flexibility index (Phi) is 5.71. The number of hydrogen-bond acceptors (Lipinski definition) is 2. The summed E-state index contributed by atoms with van der Waals surface area (Å²) in [5.74, 6) is 0.416. The minimum absolute atomic E-state index is 0. The molecular formula is C22H24IrNO-. The molecule has 0 saturated carbocycles. The zero-order valence-electron chi connectivity index (χ0n) is 15.4. The smallest absolute Gasteiger partial charge is 0.116 e. The summed E-state index contributed by atoms with van der Waals surface area (Å²) in [5.41, 5.74) is 4.92. The van der Waals surface area contributed by atoms with Crippen molar-refractivity contribution in [3.05, 3.63) is 52.7 Å². The Morgan fingerprint density at radius 2 is 1.96 bits per heavy atom. The summed E-state index contributed by atoms with van der Waals surface area (Å²) >= 11 is 0. The fourth-order valence-electron chi connectivity index (χ4n) is 2.74. The molecule has 0 unspecified atom stereocenters. The first kappa shape index (κ1) is 19.6. The predicted molar refractivity (Wildman–Crippen MR) is 101 cm³/mol. The van der Waals surface area contributed by atoms with Crippen molar-refractivity contribution in [2.45, 2.75) is 40.0 Å². The van der Waals surface area contributed by atoms with Crippen molar-refractivity contribution in [2.75, 3.05) is 0 Å². The molecule has 0 aliphatic carbocycles. The van der Waals surface area contributed by atoms with Crippen molar-refractivity contribution in [1.82, 2.24) is 4.98 Å². The molecule has 2 aromatic heterocycles. The molecule has 0 saturated heterocycles. The quantitative estimate of drug-likeness (QED) is 0.477. The van der Waals surface area contributed by atoms with E-state index < -0.39 is 0 Å². The van der Waals surface area contributed by atoms with Crippen molar-refractivity contribution < 1.29 is 24.5 Å². The van der Waals surface area contributed by atoms with Gasteiger partial charge in [-0.05, 0) is 34.7 Å². The first-order valence-electron chi connectivity index (χ1n) is 8.37. The molecule has 0 spiro atoms. The summed E-state index contributed by atoms with van der Waals surface area (Å²) in [7, 11) is 0. The van der Waals surface area contributed by atoms with E-state index in [4.69, 9.17) is 4.42 Å². The first-order valence-corrected chi connectivity index (χ1v) is 8.37. The average Bonchev–Trinajstić information content (AvgIpc) is 2.82. The molecule has 0 bridgehead atoms. The molecule has 0 aliphatic heterocycles. The van der Waals surface area contributed by atoms with Crippen molar-refractivity contribution in [1.29, 1.82) is 0 Å². The maximum atomic E-state index is 5.91. The van der Waals surface area contributed by atoms with Crippen LogP contribution in [-0.2, 0) is 25.5 Å². The van der Waals surface area contributed by atoms with E-state index in [0.717, 1.165) is 32.9 Å². The maximum absolute atomic E-state index is 5.91. The third-order valence-corrected chi connectivity index (χ3v) is 4.14. The Labute approximate surface area is 163 Å². The normalized spacial score (nSPS) is 12.6. The molecule has 133 valence electrons. The Bertz CT molecular complexity index is 993. The van der Waals surface area contributed by atoms with Gasteiger partial charge in [-0.2, -0.15) is 0 Å². The number of rotatable bonds is 2. The number of nitrogens with zero attached hydrogens (tertiary/aromatic N) is 1. The van der Waals surface area contributed by atoms with Gasteiger partial charge in [-0.3, -0.25) is 0 Å². The van der Waals surface area contributed by atoms with Crippen LogP contribution in [0.4, 0.5) is 0 Å². The van der Waals surface area contributed by atoms with Gasteiger partial charge in [-0.25, -0.2) is 0 Å². The van der Waals surface area contributed by atoms with Crippen LogP contribution in [0.15, 0.2) is 34.9 Å². The number of benzene rings is 1. The van der Waals surface area contributed by atoms with Gasteiger partial charge in [-0.15, -0.1) is 23.8 Å². The Morgan fingerprint density at radius 3 is 2.60 bits per heavy atom. The second kappa shape index (κ2) is 7.27. The number of pyridine rings is 1. The van der Waals surface area contributed by atoms with E-state index in [1.54, 1.807) is 0 Å². The van der Waals surface area contributed by atoms with E-state index >= 15 is 0 Å². The summed E-state index contributed by atoms with van der Waals surface area (Å²) in [6.45, 7) is 15.1. The van der Waals surface area contributed by atoms with Crippen molar-refractivity contribution in [2.24, 2.45) is 5.92 Å². The molecule has 0 amide bonds. The first-order chi connectivity index (χ1) is 11.3. The van der Waals surface area contributed by atoms with E-state index in [1.807, 2.05) is 12.3 Å². The molecule has 0 N–H and O–H groups in total. The molecule has 3 rings (SSSR count). The molecule has 1 radical (unpaired) electrons. The minimum Gasteiger partial charge on any atom is -0.501 e. The van der Waals surface area contributed by atoms with Crippen LogP contribution in [0.2, 0.25) is 0 Å². The minimum atomic E-state index is 0. The molecule has 0 atom stereocenters. The fourth-order valence-corrected chi connectivity index (χ4v) is 2.74. The van der Waals surface area contributed by atoms with Gasteiger partial charge < -0.3 is 9.40 Å². The molecule has 0 aliphatic rings. The maximum Gasteiger partial charge on any atom is 0.116 e. The van der Waals surface area contributed by atoms with Gasteiger partial charge in [-0.1, -0.05) is 52.7 Å². The Morgan fingerprint density at radius 1 is 1.24 bits per heavy atom. The van der Waals surface area contributed by atoms with Crippen LogP contribution in [0.25, 0.3) is 34.9 Å². The summed E-state index contributed by atoms with van der Waals surface area (Å²) in [6, 6.07) is 11.5. The van der Waals surface area contributed by atoms with Crippen molar-refractivity contribution in [3.63, 3.8) is 0 Å². The van der Waals surface area contributed by atoms with Crippen LogP contribution >= 0.6 is 0 Å². The van der Waals surface area contributed by atoms with Gasteiger partial charge in [0, 0.05) is 31.5 Å². The van der Waals surface area contributed by atoms with E-state index in [2.05, 4.69) is 76.5 Å². The van der Waals surface area contributed by atoms with E-state index in [1.165, 1.54) is 5.56 Å². The summed E-state index contributed by atoms with van der Waals surface area (Å²) < 4.78 is 5.91. The van der Waals surface area contributed by atoms with Crippen molar-refractivity contribution >= 4 is 23.6 Å². The van der Waals surface area contributed by atoms with Crippen LogP contribution in [0.5, 0.6) is 0 Å². The molecular weight excluding hydrogens is 486 g/mol. The average molecular weight is 511 g/mol. The molecule has 25 heavy (non-hydrogen) atoms. The monoisotopic (exact) mass is 511 g/mol. The van der Waals surface area contributed by atoms with Gasteiger partial charge in [0.05, 0.1) is 5.58 Å². The number of furan rings is 1. The summed E-state index contributed by atoms with van der Waals surface area (Å²) in [5, 5.41) is 1.96. The molecule has 3 heteroatoms. The van der Waals surface area contributed by atoms with Crippen molar-refractivity contribution in [3.8, 4) is 11.3 Å². The molecule has 2 heterocycles. The van der Waals surface area contributed by atoms with E-state index in [-0.39, 0.29) is 25.5 Å². The summed E-state index contributed by atoms with van der Waals surface area (Å²) in [6.07, 6.45) is 3.97. The Balaban J connectivity index is 0.00000225. The van der Waals surface area contributed by atoms with Gasteiger partial charge in [0.25, 0.3) is 0 Å². The Hall–Kier alpha value is -1.70. The van der Waals surface area contributed by atoms with Gasteiger partial charge in [0.15, 0.2) is 0 Å². The van der Waals surface area contributed by atoms with Crippen LogP contribution < -0.4 is 10.6 Å². The van der Waals surface area contributed by atoms with Gasteiger partial charge in [0.1, 0.15) is 5.42 Å². The SMILES string of the molecule is C=c1/c(=C/C(C)C)oc2c[c-]c(-c3cc(C(C)(C)C)ccn3)cc12.[Ir]. The van der Waals surface area contributed by atoms with E-state index in [9.17, 15) is 0 Å². The summed E-state index contributed by atoms with van der Waals surface area (Å²) in [4.78, 5) is 4.52. The third-order valence-electron chi connectivity index (χ3n) is 4.14. The number of aromatic nitrogens is 1. The predicted octanol–water partition coefficient (Wildman–Crippen LogP) is 4.44. The standard InChI is InChI=1S/C22H24NO.Ir/c1-14(2)11-21-15(3)18-12-16(7-8-20(18)24-21)19-13-17(9-10-23-19)22(4,5)6;/h8-14H,3H2,1-2,4-6H3;/q-1;/b21-11-;. The van der Waals surface area contributed by atoms with Crippen LogP contribution in [-0.4, -0.2) is 4.98 Å². The largest absolute Gasteiger partial charge is 0.501 e. The second-order valence-corrected chi connectivity index (χ2v) is 7.66. The molecule has 2 nitrogen and oxygen atoms in total. The van der Waals surface area contributed by atoms with E-state index in [0.29, 0.717) is 5.92 Å². The topological polar surface area (TPSA) is 26.0 Å². The fraction of sp³-hybridized carbons (Fsp3) is 0.318. The number of fused-ring (bicyclic) bond motifs is 1. The molecule has 3 aromatic rings. The molecule has 1 aromatic carbocycles. The van der Waals surface area contributed by atoms with Crippen LogP contribution in [0.1, 0.15) is 40.2 Å². The zero-order valence-corrected chi connectivity index (χ0v) is 17.8. The van der Waals surface area contributed by atoms with Crippen LogP contribution in [0.3, 0.4) is 0 Å². The van der Waals surface area contributed by atoms with Gasteiger partial charge in [0.2, 0.25) is 0 Å². The third kappa shape index (κ3) is 4.11. The van der Waals surface area contributed by atoms with Gasteiger partial charge >= 0.3 is 0 Å². The van der Waals surface area contributed by atoms with Crippen LogP contribution in [0, 0.1) is 12.0 Å². The second-order valence-electron chi connectivity index (χ2n) is 7.66. The zero-order chi connectivity index (χ0) is 17.5. The molecule has 0 fully saturated rings. The number of hydrogen-bond donors (Lipinski definition) is 0.